The second kappa shape index (κ2) is 7.01. The Morgan fingerprint density at radius 3 is 2.60 bits per heavy atom. The number of anilines is 1. The van der Waals surface area contributed by atoms with Crippen LogP contribution < -0.4 is 10.1 Å². The lowest BCUT2D eigenvalue weighted by Crippen LogP contribution is -2.57. The minimum absolute atomic E-state index is 0.0229. The Morgan fingerprint density at radius 1 is 1.23 bits per heavy atom. The molecule has 0 saturated heterocycles. The zero-order valence-corrected chi connectivity index (χ0v) is 18.9. The number of hydrogen-bond donors (Lipinski definition) is 2. The van der Waals surface area contributed by atoms with Gasteiger partial charge in [-0.1, -0.05) is 15.9 Å². The van der Waals surface area contributed by atoms with Crippen LogP contribution in [0.1, 0.15) is 55.9 Å². The van der Waals surface area contributed by atoms with Gasteiger partial charge in [-0.2, -0.15) is 0 Å². The number of methoxy groups -OCH3 is 1. The Morgan fingerprint density at radius 2 is 1.97 bits per heavy atom. The third kappa shape index (κ3) is 3.13. The van der Waals surface area contributed by atoms with Crippen LogP contribution in [0.2, 0.25) is 0 Å². The number of nitrogens with one attached hydrogen (secondary N) is 2. The third-order valence-electron chi connectivity index (χ3n) is 7.20. The van der Waals surface area contributed by atoms with Gasteiger partial charge in [0.15, 0.2) is 0 Å². The van der Waals surface area contributed by atoms with Gasteiger partial charge in [0.05, 0.1) is 24.8 Å². The second-order valence-corrected chi connectivity index (χ2v) is 11.0. The molecule has 2 atom stereocenters. The van der Waals surface area contributed by atoms with E-state index in [0.717, 1.165) is 43.0 Å². The molecule has 6 nitrogen and oxygen atoms in total. The molecule has 4 aliphatic rings. The first kappa shape index (κ1) is 19.9. The van der Waals surface area contributed by atoms with Gasteiger partial charge in [-0.25, -0.2) is 4.79 Å². The van der Waals surface area contributed by atoms with Crippen LogP contribution in [0, 0.1) is 17.3 Å². The van der Waals surface area contributed by atoms with E-state index in [1.807, 2.05) is 18.2 Å². The molecule has 0 aliphatic heterocycles. The minimum Gasteiger partial charge on any atom is -0.497 e. The van der Waals surface area contributed by atoms with Crippen molar-refractivity contribution in [3.8, 4) is 5.75 Å². The Hall–Kier alpha value is -2.02. The van der Waals surface area contributed by atoms with Crippen molar-refractivity contribution < 1.29 is 19.1 Å². The predicted molar refractivity (Wildman–Crippen MR) is 118 cm³/mol. The molecule has 1 aromatic heterocycles. The van der Waals surface area contributed by atoms with Gasteiger partial charge in [0.1, 0.15) is 11.4 Å². The maximum atomic E-state index is 13.7. The standard InChI is InChI=1S/C23H27BrN2O4/c1-3-30-20(27)19-18(16-7-15(29-2)4-5-17(16)25-19)26-21(28)22-8-13-6-14(9-22)11-23(24,10-13)12-22/h4-5,7,13-14,25H,3,6,8-12H2,1-2H3,(H,26,28). The Balaban J connectivity index is 1.53. The molecule has 1 aromatic carbocycles. The quantitative estimate of drug-likeness (QED) is 0.470. The highest BCUT2D eigenvalue weighted by Gasteiger charge is 2.59. The van der Waals surface area contributed by atoms with E-state index in [9.17, 15) is 9.59 Å². The molecule has 4 fully saturated rings. The first-order valence-electron chi connectivity index (χ1n) is 10.7. The number of aromatic nitrogens is 1. The number of rotatable bonds is 5. The maximum Gasteiger partial charge on any atom is 0.356 e. The second-order valence-electron chi connectivity index (χ2n) is 9.35. The van der Waals surface area contributed by atoms with Crippen molar-refractivity contribution in [2.24, 2.45) is 17.3 Å². The van der Waals surface area contributed by atoms with Crippen LogP contribution in [-0.2, 0) is 9.53 Å². The van der Waals surface area contributed by atoms with Crippen LogP contribution in [0.15, 0.2) is 18.2 Å². The number of carbonyl (C=O) groups excluding carboxylic acids is 2. The molecule has 0 spiro atoms. The number of benzene rings is 1. The topological polar surface area (TPSA) is 80.4 Å². The Kier molecular flexibility index (Phi) is 4.65. The lowest BCUT2D eigenvalue weighted by molar-refractivity contribution is -0.138. The zero-order chi connectivity index (χ0) is 21.1. The van der Waals surface area contributed by atoms with Crippen molar-refractivity contribution >= 4 is 44.4 Å². The summed E-state index contributed by atoms with van der Waals surface area (Å²) in [5, 5.41) is 3.90. The number of fused-ring (bicyclic) bond motifs is 1. The Bertz CT molecular complexity index is 1020. The summed E-state index contributed by atoms with van der Waals surface area (Å²) in [5.74, 6) is 1.43. The van der Waals surface area contributed by atoms with Crippen molar-refractivity contribution in [1.82, 2.24) is 4.98 Å². The number of ether oxygens (including phenoxy) is 2. The lowest BCUT2D eigenvalue weighted by atomic mass is 9.49. The van der Waals surface area contributed by atoms with Gasteiger partial charge in [-0.3, -0.25) is 4.79 Å². The largest absolute Gasteiger partial charge is 0.497 e. The summed E-state index contributed by atoms with van der Waals surface area (Å²) in [6, 6.07) is 5.52. The van der Waals surface area contributed by atoms with Crippen LogP contribution in [0.5, 0.6) is 5.75 Å². The highest BCUT2D eigenvalue weighted by Crippen LogP contribution is 2.64. The van der Waals surface area contributed by atoms with E-state index in [2.05, 4.69) is 26.2 Å². The molecule has 2 unspecified atom stereocenters. The average molecular weight is 475 g/mol. The monoisotopic (exact) mass is 474 g/mol. The molecule has 1 heterocycles. The van der Waals surface area contributed by atoms with Crippen molar-refractivity contribution in [1.29, 1.82) is 0 Å². The summed E-state index contributed by atoms with van der Waals surface area (Å²) >= 11 is 3.98. The highest BCUT2D eigenvalue weighted by atomic mass is 79.9. The maximum absolute atomic E-state index is 13.7. The Labute approximate surface area is 184 Å². The van der Waals surface area contributed by atoms with Gasteiger partial charge in [-0.05, 0) is 75.5 Å². The molecule has 160 valence electrons. The van der Waals surface area contributed by atoms with E-state index < -0.39 is 5.97 Å². The van der Waals surface area contributed by atoms with Crippen LogP contribution in [0.4, 0.5) is 5.69 Å². The fourth-order valence-electron chi connectivity index (χ4n) is 6.45. The fraction of sp³-hybridized carbons (Fsp3) is 0.565. The summed E-state index contributed by atoms with van der Waals surface area (Å²) in [7, 11) is 1.60. The number of amides is 1. The van der Waals surface area contributed by atoms with Gasteiger partial charge in [0.2, 0.25) is 5.91 Å². The number of alkyl halides is 1. The van der Waals surface area contributed by atoms with Gasteiger partial charge in [0, 0.05) is 15.2 Å². The van der Waals surface area contributed by atoms with Crippen molar-refractivity contribution in [2.75, 3.05) is 19.0 Å². The predicted octanol–water partition coefficient (Wildman–Crippen LogP) is 5.03. The van der Waals surface area contributed by atoms with E-state index in [-0.39, 0.29) is 27.9 Å². The van der Waals surface area contributed by atoms with Crippen LogP contribution in [0.25, 0.3) is 10.9 Å². The van der Waals surface area contributed by atoms with Gasteiger partial charge < -0.3 is 19.8 Å². The van der Waals surface area contributed by atoms with Crippen molar-refractivity contribution in [3.05, 3.63) is 23.9 Å². The van der Waals surface area contributed by atoms with E-state index in [1.165, 1.54) is 6.42 Å². The van der Waals surface area contributed by atoms with Gasteiger partial charge >= 0.3 is 5.97 Å². The average Bonchev–Trinajstić information content (AvgIpc) is 3.04. The molecule has 1 amide bonds. The first-order valence-corrected chi connectivity index (χ1v) is 11.5. The summed E-state index contributed by atoms with van der Waals surface area (Å²) < 4.78 is 10.7. The molecule has 6 rings (SSSR count). The van der Waals surface area contributed by atoms with Crippen molar-refractivity contribution in [3.63, 3.8) is 0 Å². The molecule has 7 heteroatoms. The molecular weight excluding hydrogens is 448 g/mol. The molecule has 30 heavy (non-hydrogen) atoms. The number of H-pyrrole nitrogens is 1. The van der Waals surface area contributed by atoms with Gasteiger partial charge in [0.25, 0.3) is 0 Å². The lowest BCUT2D eigenvalue weighted by Gasteiger charge is -2.59. The van der Waals surface area contributed by atoms with E-state index in [4.69, 9.17) is 9.47 Å². The number of hydrogen-bond acceptors (Lipinski definition) is 4. The van der Waals surface area contributed by atoms with E-state index in [1.54, 1.807) is 14.0 Å². The van der Waals surface area contributed by atoms with E-state index in [0.29, 0.717) is 23.3 Å². The molecule has 4 saturated carbocycles. The number of aromatic amines is 1. The highest BCUT2D eigenvalue weighted by molar-refractivity contribution is 9.10. The fourth-order valence-corrected chi connectivity index (χ4v) is 7.90. The summed E-state index contributed by atoms with van der Waals surface area (Å²) in [6.07, 6.45) is 6.29. The van der Waals surface area contributed by atoms with Crippen LogP contribution >= 0.6 is 15.9 Å². The van der Waals surface area contributed by atoms with Crippen molar-refractivity contribution in [2.45, 2.75) is 49.8 Å². The SMILES string of the molecule is CCOC(=O)c1[nH]c2ccc(OC)cc2c1NC(=O)C12CC3CC(CC(Br)(C3)C1)C2. The summed E-state index contributed by atoms with van der Waals surface area (Å²) in [6.45, 7) is 2.04. The summed E-state index contributed by atoms with van der Waals surface area (Å²) in [4.78, 5) is 29.5. The molecule has 4 bridgehead atoms. The number of carbonyl (C=O) groups is 2. The molecule has 2 N–H and O–H groups in total. The minimum atomic E-state index is -0.467. The zero-order valence-electron chi connectivity index (χ0n) is 17.3. The van der Waals surface area contributed by atoms with Crippen LogP contribution in [-0.4, -0.2) is 34.9 Å². The molecule has 4 aliphatic carbocycles. The molecule has 0 radical (unpaired) electrons. The van der Waals surface area contributed by atoms with E-state index >= 15 is 0 Å². The molecular formula is C23H27BrN2O4. The van der Waals surface area contributed by atoms with Crippen LogP contribution in [0.3, 0.4) is 0 Å². The normalized spacial score (nSPS) is 31.7. The number of esters is 1. The number of halogens is 1. The third-order valence-corrected chi connectivity index (χ3v) is 8.12. The molecule has 2 aromatic rings. The smallest absolute Gasteiger partial charge is 0.356 e. The first-order chi connectivity index (χ1) is 14.3. The summed E-state index contributed by atoms with van der Waals surface area (Å²) in [5.41, 5.74) is 1.16. The van der Waals surface area contributed by atoms with Gasteiger partial charge in [-0.15, -0.1) is 0 Å².